The molecule has 36 heavy (non-hydrogen) atoms. The van der Waals surface area contributed by atoms with Crippen LogP contribution in [0.4, 0.5) is 18.3 Å². The summed E-state index contributed by atoms with van der Waals surface area (Å²) >= 11 is 1.09. The first-order chi connectivity index (χ1) is 17.1. The summed E-state index contributed by atoms with van der Waals surface area (Å²) in [6.07, 6.45) is 2.14. The maximum atomic E-state index is 13.9. The van der Waals surface area contributed by atoms with Gasteiger partial charge in [-0.3, -0.25) is 14.9 Å². The first kappa shape index (κ1) is 25.6. The van der Waals surface area contributed by atoms with Gasteiger partial charge < -0.3 is 14.8 Å². The summed E-state index contributed by atoms with van der Waals surface area (Å²) in [6, 6.07) is 6.06. The van der Waals surface area contributed by atoms with Crippen LogP contribution in [0.2, 0.25) is 0 Å². The molecular formula is C24H23F3N4O4S. The second kappa shape index (κ2) is 10.6. The van der Waals surface area contributed by atoms with Crippen molar-refractivity contribution in [2.45, 2.75) is 38.1 Å². The molecule has 2 aromatic heterocycles. The van der Waals surface area contributed by atoms with E-state index >= 15 is 0 Å². The molecule has 190 valence electrons. The van der Waals surface area contributed by atoms with Crippen LogP contribution >= 0.6 is 11.3 Å². The van der Waals surface area contributed by atoms with E-state index in [0.29, 0.717) is 54.8 Å². The van der Waals surface area contributed by atoms with E-state index in [0.717, 1.165) is 11.3 Å². The van der Waals surface area contributed by atoms with Crippen LogP contribution in [0.3, 0.4) is 0 Å². The van der Waals surface area contributed by atoms with Crippen molar-refractivity contribution < 1.29 is 32.2 Å². The normalized spacial score (nSPS) is 14.4. The Bertz CT molecular complexity index is 1260. The van der Waals surface area contributed by atoms with Crippen molar-refractivity contribution in [2.24, 2.45) is 0 Å². The molecule has 1 fully saturated rings. The summed E-state index contributed by atoms with van der Waals surface area (Å²) in [7, 11) is 0. The van der Waals surface area contributed by atoms with E-state index in [-0.39, 0.29) is 11.0 Å². The van der Waals surface area contributed by atoms with E-state index < -0.39 is 40.5 Å². The zero-order chi connectivity index (χ0) is 25.9. The summed E-state index contributed by atoms with van der Waals surface area (Å²) in [4.78, 5) is 33.5. The van der Waals surface area contributed by atoms with Gasteiger partial charge in [0, 0.05) is 25.2 Å². The Kier molecular flexibility index (Phi) is 7.55. The van der Waals surface area contributed by atoms with E-state index in [1.165, 1.54) is 38.1 Å². The Balaban J connectivity index is 1.52. The van der Waals surface area contributed by atoms with E-state index in [1.807, 2.05) is 0 Å². The molecule has 3 heterocycles. The maximum Gasteiger partial charge on any atom is 0.273 e. The molecule has 0 spiro atoms. The number of thiazole rings is 1. The van der Waals surface area contributed by atoms with Gasteiger partial charge in [0.1, 0.15) is 28.6 Å². The van der Waals surface area contributed by atoms with Gasteiger partial charge in [0.25, 0.3) is 11.8 Å². The molecule has 0 bridgehead atoms. The Morgan fingerprint density at radius 1 is 1.11 bits per heavy atom. The lowest BCUT2D eigenvalue weighted by molar-refractivity contribution is -0.120. The van der Waals surface area contributed by atoms with Gasteiger partial charge in [-0.05, 0) is 51.0 Å². The van der Waals surface area contributed by atoms with Crippen molar-refractivity contribution in [3.05, 3.63) is 65.4 Å². The average molecular weight is 521 g/mol. The number of nitrogens with one attached hydrogen (secondary N) is 2. The summed E-state index contributed by atoms with van der Waals surface area (Å²) in [6.45, 7) is 3.97. The van der Waals surface area contributed by atoms with Crippen molar-refractivity contribution in [2.75, 3.05) is 18.5 Å². The fraction of sp³-hybridized carbons (Fsp3) is 0.333. The van der Waals surface area contributed by atoms with Crippen molar-refractivity contribution in [3.8, 4) is 10.8 Å². The minimum absolute atomic E-state index is 0.0383. The van der Waals surface area contributed by atoms with Crippen LogP contribution < -0.4 is 15.4 Å². The number of nitrogens with zero attached hydrogens (tertiary/aromatic N) is 2. The largest absolute Gasteiger partial charge is 0.445 e. The third-order valence-corrected chi connectivity index (χ3v) is 6.35. The zero-order valence-corrected chi connectivity index (χ0v) is 20.3. The lowest BCUT2D eigenvalue weighted by atomic mass is 9.97. The van der Waals surface area contributed by atoms with Gasteiger partial charge in [-0.25, -0.2) is 23.1 Å². The molecule has 1 aliphatic heterocycles. The Labute approximate surface area is 208 Å². The van der Waals surface area contributed by atoms with Crippen LogP contribution in [-0.2, 0) is 9.53 Å². The second-order valence-corrected chi connectivity index (χ2v) is 9.61. The fourth-order valence-electron chi connectivity index (χ4n) is 3.52. The smallest absolute Gasteiger partial charge is 0.273 e. The van der Waals surface area contributed by atoms with Crippen molar-refractivity contribution in [3.63, 3.8) is 0 Å². The number of hydrogen-bond acceptors (Lipinski definition) is 7. The number of benzene rings is 1. The van der Waals surface area contributed by atoms with Gasteiger partial charge in [0.05, 0.1) is 6.20 Å². The summed E-state index contributed by atoms with van der Waals surface area (Å²) < 4.78 is 51.7. The summed E-state index contributed by atoms with van der Waals surface area (Å²) in [5, 5.41) is 5.74. The number of rotatable bonds is 7. The van der Waals surface area contributed by atoms with E-state index in [4.69, 9.17) is 9.47 Å². The maximum absolute atomic E-state index is 13.9. The minimum atomic E-state index is -1.50. The Morgan fingerprint density at radius 2 is 1.81 bits per heavy atom. The van der Waals surface area contributed by atoms with Crippen LogP contribution in [0.1, 0.15) is 48.8 Å². The van der Waals surface area contributed by atoms with Crippen LogP contribution in [-0.4, -0.2) is 40.5 Å². The third-order valence-electron chi connectivity index (χ3n) is 5.49. The molecule has 0 radical (unpaired) electrons. The number of hydrogen-bond donors (Lipinski definition) is 2. The molecule has 0 atom stereocenters. The topological polar surface area (TPSA) is 102 Å². The lowest BCUT2D eigenvalue weighted by Gasteiger charge is -2.24. The van der Waals surface area contributed by atoms with Gasteiger partial charge in [-0.2, -0.15) is 0 Å². The number of carbonyl (C=O) groups excluding carboxylic acids is 2. The van der Waals surface area contributed by atoms with Crippen molar-refractivity contribution in [1.82, 2.24) is 15.3 Å². The van der Waals surface area contributed by atoms with Crippen molar-refractivity contribution >= 4 is 28.3 Å². The molecule has 0 saturated carbocycles. The molecular weight excluding hydrogens is 497 g/mol. The average Bonchev–Trinajstić information content (AvgIpc) is 3.22. The summed E-state index contributed by atoms with van der Waals surface area (Å²) in [5.74, 6) is -3.63. The van der Waals surface area contributed by atoms with E-state index in [2.05, 4.69) is 20.6 Å². The number of ether oxygens (including phenoxy) is 2. The monoisotopic (exact) mass is 520 g/mol. The second-order valence-electron chi connectivity index (χ2n) is 8.65. The van der Waals surface area contributed by atoms with Crippen LogP contribution in [0.15, 0.2) is 36.5 Å². The van der Waals surface area contributed by atoms with Gasteiger partial charge in [0.2, 0.25) is 5.06 Å². The van der Waals surface area contributed by atoms with Gasteiger partial charge in [-0.15, -0.1) is 0 Å². The first-order valence-electron chi connectivity index (χ1n) is 11.1. The van der Waals surface area contributed by atoms with Gasteiger partial charge >= 0.3 is 0 Å². The molecule has 1 aromatic carbocycles. The molecule has 12 heteroatoms. The number of anilines is 1. The predicted octanol–water partition coefficient (Wildman–Crippen LogP) is 4.79. The Hall–Kier alpha value is -3.51. The number of amides is 2. The SMILES string of the molecule is CC(C)(NC(=O)c1ncc(F)cc1F)C(=O)Nc1nc(C2CCOCC2)c(Oc2ccc(F)cc2)s1. The zero-order valence-electron chi connectivity index (χ0n) is 19.4. The van der Waals surface area contributed by atoms with Gasteiger partial charge in [-0.1, -0.05) is 11.3 Å². The number of halogens is 3. The fourth-order valence-corrected chi connectivity index (χ4v) is 4.44. The van der Waals surface area contributed by atoms with Crippen molar-refractivity contribution in [1.29, 1.82) is 0 Å². The molecule has 1 saturated heterocycles. The van der Waals surface area contributed by atoms with E-state index in [9.17, 15) is 22.8 Å². The first-order valence-corrected chi connectivity index (χ1v) is 11.9. The van der Waals surface area contributed by atoms with Crippen LogP contribution in [0.25, 0.3) is 0 Å². The Morgan fingerprint density at radius 3 is 2.47 bits per heavy atom. The molecule has 2 N–H and O–H groups in total. The highest BCUT2D eigenvalue weighted by molar-refractivity contribution is 7.17. The molecule has 2 amide bonds. The molecule has 0 aliphatic carbocycles. The minimum Gasteiger partial charge on any atom is -0.445 e. The molecule has 3 aromatic rings. The predicted molar refractivity (Wildman–Crippen MR) is 126 cm³/mol. The number of carbonyl (C=O) groups is 2. The highest BCUT2D eigenvalue weighted by Gasteiger charge is 2.33. The molecule has 4 rings (SSSR count). The number of pyridine rings is 1. The van der Waals surface area contributed by atoms with E-state index in [1.54, 1.807) is 0 Å². The standard InChI is InChI=1S/C24H23F3N4O4S/c1-24(2,31-20(32)19-17(27)11-15(26)12-28-19)22(33)30-23-29-18(13-7-9-34-10-8-13)21(36-23)35-16-5-3-14(25)4-6-16/h3-6,11-13H,7-10H2,1-2H3,(H,31,32)(H,29,30,33). The van der Waals surface area contributed by atoms with Crippen LogP contribution in [0, 0.1) is 17.5 Å². The third kappa shape index (κ3) is 6.00. The highest BCUT2D eigenvalue weighted by atomic mass is 32.1. The lowest BCUT2D eigenvalue weighted by Crippen LogP contribution is -2.52. The quantitative estimate of drug-likeness (QED) is 0.465. The van der Waals surface area contributed by atoms with Crippen LogP contribution in [0.5, 0.6) is 10.8 Å². The molecule has 0 unspecified atom stereocenters. The molecule has 8 nitrogen and oxygen atoms in total. The molecule has 1 aliphatic rings. The van der Waals surface area contributed by atoms with Gasteiger partial charge in [0.15, 0.2) is 16.6 Å². The number of aromatic nitrogens is 2. The highest BCUT2D eigenvalue weighted by Crippen LogP contribution is 2.41. The summed E-state index contributed by atoms with van der Waals surface area (Å²) in [5.41, 5.74) is -1.49.